The molecule has 0 radical (unpaired) electrons. The number of aryl methyl sites for hydroxylation is 3. The number of hydrogen-bond acceptors (Lipinski definition) is 4. The van der Waals surface area contributed by atoms with Gasteiger partial charge in [-0.1, -0.05) is 80.9 Å². The first-order chi connectivity index (χ1) is 15.3. The van der Waals surface area contributed by atoms with Crippen LogP contribution in [0.3, 0.4) is 0 Å². The smallest absolute Gasteiger partial charge is 0.126 e. The van der Waals surface area contributed by atoms with Crippen molar-refractivity contribution in [2.45, 2.75) is 40.0 Å². The summed E-state index contributed by atoms with van der Waals surface area (Å²) in [4.78, 5) is 0. The molecule has 0 saturated heterocycles. The molecule has 0 spiro atoms. The predicted molar refractivity (Wildman–Crippen MR) is 141 cm³/mol. The maximum Gasteiger partial charge on any atom is 0.126 e. The van der Waals surface area contributed by atoms with E-state index in [0.717, 1.165) is 49.2 Å². The van der Waals surface area contributed by atoms with Crippen LogP contribution in [0.4, 0.5) is 4.39 Å². The molecule has 0 unspecified atom stereocenters. The second-order valence-electron chi connectivity index (χ2n) is 7.61. The fourth-order valence-corrected chi connectivity index (χ4v) is 3.00. The Morgan fingerprint density at radius 1 is 1.12 bits per heavy atom. The monoisotopic (exact) mass is 455 g/mol. The average Bonchev–Trinajstić information content (AvgIpc) is 2.79. The van der Waals surface area contributed by atoms with Gasteiger partial charge in [-0.05, 0) is 74.6 Å². The van der Waals surface area contributed by atoms with Crippen LogP contribution in [-0.4, -0.2) is 24.6 Å². The summed E-state index contributed by atoms with van der Waals surface area (Å²) in [5.74, 6) is -0.116. The zero-order valence-corrected chi connectivity index (χ0v) is 20.8. The van der Waals surface area contributed by atoms with Crippen LogP contribution in [0.5, 0.6) is 0 Å². The van der Waals surface area contributed by atoms with Crippen molar-refractivity contribution >= 4 is 18.4 Å². The Morgan fingerprint density at radius 3 is 2.28 bits per heavy atom. The molecule has 5 heteroatoms. The molecule has 3 nitrogen and oxygen atoms in total. The van der Waals surface area contributed by atoms with Crippen molar-refractivity contribution in [2.75, 3.05) is 20.1 Å². The highest BCUT2D eigenvalue weighted by molar-refractivity contribution is 7.77. The summed E-state index contributed by atoms with van der Waals surface area (Å²) in [5.41, 5.74) is 9.25. The normalized spacial score (nSPS) is 11.0. The number of nitrogens with one attached hydrogen (secondary N) is 2. The first kappa shape index (κ1) is 27.7. The Hall–Kier alpha value is -2.34. The van der Waals surface area contributed by atoms with Gasteiger partial charge in [-0.15, -0.1) is 0 Å². The van der Waals surface area contributed by atoms with E-state index in [1.807, 2.05) is 32.2 Å². The first-order valence-electron chi connectivity index (χ1n) is 11.0. The summed E-state index contributed by atoms with van der Waals surface area (Å²) < 4.78 is 15.2. The highest BCUT2D eigenvalue weighted by atomic mass is 32.1. The molecule has 2 rings (SSSR count). The topological polar surface area (TPSA) is 27.3 Å². The molecule has 0 amide bonds. The van der Waals surface area contributed by atoms with Gasteiger partial charge in [0.1, 0.15) is 5.82 Å². The van der Waals surface area contributed by atoms with Crippen LogP contribution >= 0.6 is 12.8 Å². The molecule has 174 valence electrons. The van der Waals surface area contributed by atoms with Gasteiger partial charge in [0.05, 0.1) is 0 Å². The van der Waals surface area contributed by atoms with Crippen molar-refractivity contribution in [1.82, 2.24) is 15.2 Å². The van der Waals surface area contributed by atoms with E-state index >= 15 is 0 Å². The Kier molecular flexibility index (Phi) is 13.4. The van der Waals surface area contributed by atoms with E-state index in [0.29, 0.717) is 5.56 Å². The molecule has 32 heavy (non-hydrogen) atoms. The maximum absolute atomic E-state index is 13.4. The average molecular weight is 456 g/mol. The first-order valence-corrected chi connectivity index (χ1v) is 11.4. The highest BCUT2D eigenvalue weighted by Crippen LogP contribution is 2.15. The summed E-state index contributed by atoms with van der Waals surface area (Å²) in [6.07, 6.45) is 6.74. The zero-order valence-electron chi connectivity index (χ0n) is 19.9. The summed E-state index contributed by atoms with van der Waals surface area (Å²) in [7, 11) is 1.84. The molecule has 0 heterocycles. The van der Waals surface area contributed by atoms with E-state index in [4.69, 9.17) is 0 Å². The maximum atomic E-state index is 13.4. The largest absolute Gasteiger partial charge is 0.384 e. The van der Waals surface area contributed by atoms with E-state index < -0.39 is 0 Å². The number of hydrazine groups is 1. The van der Waals surface area contributed by atoms with Crippen LogP contribution < -0.4 is 10.7 Å². The van der Waals surface area contributed by atoms with Crippen LogP contribution in [0.15, 0.2) is 73.5 Å². The van der Waals surface area contributed by atoms with Crippen molar-refractivity contribution in [3.63, 3.8) is 0 Å². The summed E-state index contributed by atoms with van der Waals surface area (Å²) in [6.45, 7) is 15.2. The molecule has 0 aliphatic heterocycles. The van der Waals surface area contributed by atoms with Gasteiger partial charge in [0.25, 0.3) is 0 Å². The van der Waals surface area contributed by atoms with Crippen molar-refractivity contribution in [2.24, 2.45) is 0 Å². The molecular formula is C27H38FN3S. The molecule has 2 aromatic rings. The van der Waals surface area contributed by atoms with Gasteiger partial charge >= 0.3 is 0 Å². The third kappa shape index (κ3) is 10.8. The van der Waals surface area contributed by atoms with Crippen LogP contribution in [0, 0.1) is 12.7 Å². The Balaban J connectivity index is 0.000000347. The van der Waals surface area contributed by atoms with E-state index in [1.165, 1.54) is 11.1 Å². The molecule has 0 aliphatic rings. The molecule has 0 atom stereocenters. The Morgan fingerprint density at radius 2 is 1.75 bits per heavy atom. The van der Waals surface area contributed by atoms with Gasteiger partial charge in [-0.2, -0.15) is 4.41 Å². The fraction of sp³-hybridized carbons (Fsp3) is 0.333. The Bertz CT molecular complexity index is 875. The number of halogens is 1. The van der Waals surface area contributed by atoms with Gasteiger partial charge in [0.15, 0.2) is 0 Å². The van der Waals surface area contributed by atoms with Gasteiger partial charge in [0, 0.05) is 18.8 Å². The van der Waals surface area contributed by atoms with Crippen molar-refractivity contribution < 1.29 is 4.39 Å². The second kappa shape index (κ2) is 15.5. The summed E-state index contributed by atoms with van der Waals surface area (Å²) in [6, 6.07) is 13.9. The minimum atomic E-state index is -0.116. The highest BCUT2D eigenvalue weighted by Gasteiger charge is 2.01. The van der Waals surface area contributed by atoms with Crippen LogP contribution in [0.2, 0.25) is 0 Å². The molecule has 0 fully saturated rings. The number of benzene rings is 2. The van der Waals surface area contributed by atoms with Gasteiger partial charge in [-0.25, -0.2) is 9.82 Å². The van der Waals surface area contributed by atoms with Crippen molar-refractivity contribution in [1.29, 1.82) is 0 Å². The third-order valence-electron chi connectivity index (χ3n) is 4.94. The minimum Gasteiger partial charge on any atom is -0.384 e. The molecule has 2 N–H and O–H groups in total. The lowest BCUT2D eigenvalue weighted by atomic mass is 10.0. The van der Waals surface area contributed by atoms with E-state index in [1.54, 1.807) is 17.4 Å². The number of hydrogen-bond donors (Lipinski definition) is 3. The minimum absolute atomic E-state index is 0.116. The molecule has 2 aromatic carbocycles. The molecule has 0 bridgehead atoms. The quantitative estimate of drug-likeness (QED) is 0.211. The molecule has 0 aromatic heterocycles. The fourth-order valence-electron chi connectivity index (χ4n) is 2.90. The van der Waals surface area contributed by atoms with Gasteiger partial charge in [0.2, 0.25) is 0 Å². The molecule has 0 saturated carbocycles. The van der Waals surface area contributed by atoms with E-state index in [2.05, 4.69) is 74.0 Å². The lowest BCUT2D eigenvalue weighted by Gasteiger charge is -2.14. The summed E-state index contributed by atoms with van der Waals surface area (Å²) in [5, 5.41) is 3.25. The zero-order chi connectivity index (χ0) is 23.9. The molecule has 0 aliphatic carbocycles. The van der Waals surface area contributed by atoms with Gasteiger partial charge < -0.3 is 5.32 Å². The summed E-state index contributed by atoms with van der Waals surface area (Å²) >= 11 is 4.15. The van der Waals surface area contributed by atoms with Crippen molar-refractivity contribution in [3.05, 3.63) is 102 Å². The number of rotatable bonds is 11. The number of allylic oxidation sites excluding steroid dienone is 3. The van der Waals surface area contributed by atoms with Crippen molar-refractivity contribution in [3.8, 4) is 0 Å². The SMILES string of the molecule is C=C(C)c1ccc(CCc2ccc(C)c(F)c2)cc1.C=CC(=CCC)NCCN(S)NC. The van der Waals surface area contributed by atoms with Crippen LogP contribution in [0.1, 0.15) is 42.5 Å². The predicted octanol–water partition coefficient (Wildman–Crippen LogP) is 6.29. The van der Waals surface area contributed by atoms with E-state index in [9.17, 15) is 4.39 Å². The lowest BCUT2D eigenvalue weighted by molar-refractivity contribution is 0.393. The third-order valence-corrected chi connectivity index (χ3v) is 5.34. The second-order valence-corrected chi connectivity index (χ2v) is 8.09. The van der Waals surface area contributed by atoms with Crippen LogP contribution in [-0.2, 0) is 12.8 Å². The van der Waals surface area contributed by atoms with Gasteiger partial charge in [-0.3, -0.25) is 0 Å². The molecular weight excluding hydrogens is 417 g/mol. The van der Waals surface area contributed by atoms with E-state index in [-0.39, 0.29) is 5.82 Å². The Labute approximate surface area is 199 Å². The van der Waals surface area contributed by atoms with Crippen LogP contribution in [0.25, 0.3) is 5.57 Å². The number of thiol groups is 1. The lowest BCUT2D eigenvalue weighted by Crippen LogP contribution is -2.32. The number of nitrogens with zero attached hydrogens (tertiary/aromatic N) is 1. The standard InChI is InChI=1S/C18H19F.C9H19N3S/c1-13(2)17-10-8-15(9-11-17)6-7-16-5-4-14(3)18(19)12-16;1-4-6-9(5-2)11-7-8-12(13)10-3/h4-5,8-12H,1,6-7H2,2-3H3;5-6,10-11,13H,2,4,7-8H2,1,3H3.